The van der Waals surface area contributed by atoms with Crippen LogP contribution in [0.15, 0.2) is 29.8 Å². The Morgan fingerprint density at radius 2 is 2.06 bits per heavy atom. The molecule has 1 rings (SSSR count). The van der Waals surface area contributed by atoms with Crippen LogP contribution in [0.3, 0.4) is 0 Å². The molecule has 0 amide bonds. The summed E-state index contributed by atoms with van der Waals surface area (Å²) in [5.41, 5.74) is 3.91. The van der Waals surface area contributed by atoms with Crippen LogP contribution in [-0.2, 0) is 0 Å². The van der Waals surface area contributed by atoms with Crippen molar-refractivity contribution in [3.63, 3.8) is 0 Å². The molecule has 1 aromatic rings. The summed E-state index contributed by atoms with van der Waals surface area (Å²) >= 11 is 0. The van der Waals surface area contributed by atoms with Crippen molar-refractivity contribution in [1.29, 1.82) is 0 Å². The first-order chi connectivity index (χ1) is 7.50. The second kappa shape index (κ2) is 5.74. The SMILES string of the molecule is CC(C)=CCCC(C)c1cc(O)ccc1C. The third kappa shape index (κ3) is 3.73. The van der Waals surface area contributed by atoms with Crippen LogP contribution in [0.1, 0.15) is 50.7 Å². The van der Waals surface area contributed by atoms with Crippen molar-refractivity contribution in [1.82, 2.24) is 0 Å². The van der Waals surface area contributed by atoms with Crippen LogP contribution in [-0.4, -0.2) is 5.11 Å². The summed E-state index contributed by atoms with van der Waals surface area (Å²) in [6.07, 6.45) is 4.52. The lowest BCUT2D eigenvalue weighted by Crippen LogP contribution is -1.96. The molecule has 1 atom stereocenters. The monoisotopic (exact) mass is 218 g/mol. The van der Waals surface area contributed by atoms with Crippen LogP contribution in [0.5, 0.6) is 5.75 Å². The van der Waals surface area contributed by atoms with Gasteiger partial charge in [0.15, 0.2) is 0 Å². The molecule has 1 nitrogen and oxygen atoms in total. The highest BCUT2D eigenvalue weighted by Crippen LogP contribution is 2.27. The van der Waals surface area contributed by atoms with E-state index < -0.39 is 0 Å². The molecule has 0 aliphatic carbocycles. The number of phenolic OH excluding ortho intramolecular Hbond substituents is 1. The molecule has 0 radical (unpaired) electrons. The zero-order valence-electron chi connectivity index (χ0n) is 10.7. The summed E-state index contributed by atoms with van der Waals surface area (Å²) < 4.78 is 0. The lowest BCUT2D eigenvalue weighted by Gasteiger charge is -2.14. The van der Waals surface area contributed by atoms with E-state index in [1.165, 1.54) is 16.7 Å². The minimum atomic E-state index is 0.370. The Balaban J connectivity index is 2.69. The molecule has 1 N–H and O–H groups in total. The third-order valence-corrected chi connectivity index (χ3v) is 2.95. The first kappa shape index (κ1) is 12.8. The molecule has 16 heavy (non-hydrogen) atoms. The van der Waals surface area contributed by atoms with Gasteiger partial charge in [-0.1, -0.05) is 24.6 Å². The predicted molar refractivity (Wildman–Crippen MR) is 69.9 cm³/mol. The summed E-state index contributed by atoms with van der Waals surface area (Å²) in [7, 11) is 0. The predicted octanol–water partition coefficient (Wildman–Crippen LogP) is 4.55. The zero-order chi connectivity index (χ0) is 12.1. The van der Waals surface area contributed by atoms with Gasteiger partial charge >= 0.3 is 0 Å². The van der Waals surface area contributed by atoms with Crippen molar-refractivity contribution in [3.8, 4) is 5.75 Å². The van der Waals surface area contributed by atoms with Crippen LogP contribution in [0.25, 0.3) is 0 Å². The standard InChI is InChI=1S/C15H22O/c1-11(2)6-5-7-12(3)15-10-14(16)9-8-13(15)4/h6,8-10,12,16H,5,7H2,1-4H3. The van der Waals surface area contributed by atoms with Crippen LogP contribution in [0.4, 0.5) is 0 Å². The fraction of sp³-hybridized carbons (Fsp3) is 0.467. The van der Waals surface area contributed by atoms with Gasteiger partial charge in [-0.15, -0.1) is 0 Å². The normalized spacial score (nSPS) is 12.2. The number of phenols is 1. The van der Waals surface area contributed by atoms with Crippen molar-refractivity contribution >= 4 is 0 Å². The Morgan fingerprint density at radius 3 is 2.69 bits per heavy atom. The molecular weight excluding hydrogens is 196 g/mol. The smallest absolute Gasteiger partial charge is 0.115 e. The molecule has 0 saturated carbocycles. The maximum atomic E-state index is 9.49. The fourth-order valence-electron chi connectivity index (χ4n) is 1.94. The first-order valence-corrected chi connectivity index (χ1v) is 5.93. The van der Waals surface area contributed by atoms with Gasteiger partial charge < -0.3 is 5.11 Å². The number of aryl methyl sites for hydroxylation is 1. The van der Waals surface area contributed by atoms with Crippen molar-refractivity contribution in [2.45, 2.75) is 46.5 Å². The summed E-state index contributed by atoms with van der Waals surface area (Å²) in [4.78, 5) is 0. The van der Waals surface area contributed by atoms with Crippen molar-refractivity contribution in [2.24, 2.45) is 0 Å². The van der Waals surface area contributed by atoms with Crippen molar-refractivity contribution in [2.75, 3.05) is 0 Å². The molecule has 1 heteroatoms. The highest BCUT2D eigenvalue weighted by molar-refractivity contribution is 5.36. The van der Waals surface area contributed by atoms with Crippen LogP contribution in [0.2, 0.25) is 0 Å². The van der Waals surface area contributed by atoms with Gasteiger partial charge in [-0.25, -0.2) is 0 Å². The molecule has 0 aromatic heterocycles. The van der Waals surface area contributed by atoms with Crippen molar-refractivity contribution in [3.05, 3.63) is 41.0 Å². The van der Waals surface area contributed by atoms with E-state index in [9.17, 15) is 5.11 Å². The second-order valence-electron chi connectivity index (χ2n) is 4.80. The zero-order valence-corrected chi connectivity index (χ0v) is 10.7. The number of benzene rings is 1. The lowest BCUT2D eigenvalue weighted by molar-refractivity contribution is 0.473. The summed E-state index contributed by atoms with van der Waals surface area (Å²) in [5.74, 6) is 0.873. The van der Waals surface area contributed by atoms with Crippen LogP contribution in [0, 0.1) is 6.92 Å². The largest absolute Gasteiger partial charge is 0.508 e. The van der Waals surface area contributed by atoms with Gasteiger partial charge in [-0.2, -0.15) is 0 Å². The molecule has 0 bridgehead atoms. The third-order valence-electron chi connectivity index (χ3n) is 2.95. The maximum Gasteiger partial charge on any atom is 0.115 e. The molecule has 0 fully saturated rings. The van der Waals surface area contributed by atoms with Gasteiger partial charge in [0.25, 0.3) is 0 Å². The fourth-order valence-corrected chi connectivity index (χ4v) is 1.94. The Morgan fingerprint density at radius 1 is 1.38 bits per heavy atom. The molecule has 0 aliphatic heterocycles. The second-order valence-corrected chi connectivity index (χ2v) is 4.80. The minimum Gasteiger partial charge on any atom is -0.508 e. The quantitative estimate of drug-likeness (QED) is 0.735. The molecule has 88 valence electrons. The van der Waals surface area contributed by atoms with E-state index in [1.54, 1.807) is 6.07 Å². The van der Waals surface area contributed by atoms with E-state index in [4.69, 9.17) is 0 Å². The van der Waals surface area contributed by atoms with Gasteiger partial charge in [-0.05, 0) is 62.8 Å². The summed E-state index contributed by atoms with van der Waals surface area (Å²) in [5, 5.41) is 9.49. The Hall–Kier alpha value is -1.24. The van der Waals surface area contributed by atoms with E-state index in [2.05, 4.69) is 33.8 Å². The molecule has 1 aromatic carbocycles. The van der Waals surface area contributed by atoms with E-state index in [0.29, 0.717) is 11.7 Å². The van der Waals surface area contributed by atoms with Crippen LogP contribution < -0.4 is 0 Å². The molecule has 1 unspecified atom stereocenters. The average molecular weight is 218 g/mol. The molecule has 0 saturated heterocycles. The number of aromatic hydroxyl groups is 1. The van der Waals surface area contributed by atoms with E-state index >= 15 is 0 Å². The van der Waals surface area contributed by atoms with Crippen molar-refractivity contribution < 1.29 is 5.11 Å². The lowest BCUT2D eigenvalue weighted by atomic mass is 9.92. The topological polar surface area (TPSA) is 20.2 Å². The van der Waals surface area contributed by atoms with E-state index in [1.807, 2.05) is 12.1 Å². The summed E-state index contributed by atoms with van der Waals surface area (Å²) in [6.45, 7) is 8.58. The summed E-state index contributed by atoms with van der Waals surface area (Å²) in [6, 6.07) is 5.63. The van der Waals surface area contributed by atoms with E-state index in [-0.39, 0.29) is 0 Å². The highest BCUT2D eigenvalue weighted by Gasteiger charge is 2.08. The Labute approximate surface area is 98.8 Å². The molecule has 0 spiro atoms. The molecule has 0 aliphatic rings. The Kier molecular flexibility index (Phi) is 4.60. The maximum absolute atomic E-state index is 9.49. The van der Waals surface area contributed by atoms with Gasteiger partial charge in [0.1, 0.15) is 5.75 Å². The van der Waals surface area contributed by atoms with Gasteiger partial charge in [0.05, 0.1) is 0 Å². The Bertz CT molecular complexity index is 373. The number of hydrogen-bond donors (Lipinski definition) is 1. The minimum absolute atomic E-state index is 0.370. The number of rotatable bonds is 4. The molecule has 0 heterocycles. The first-order valence-electron chi connectivity index (χ1n) is 5.93. The average Bonchev–Trinajstić information content (AvgIpc) is 2.21. The van der Waals surface area contributed by atoms with E-state index in [0.717, 1.165) is 12.8 Å². The number of allylic oxidation sites excluding steroid dienone is 2. The van der Waals surface area contributed by atoms with Gasteiger partial charge in [0.2, 0.25) is 0 Å². The molecular formula is C15H22O. The highest BCUT2D eigenvalue weighted by atomic mass is 16.3. The van der Waals surface area contributed by atoms with Gasteiger partial charge in [-0.3, -0.25) is 0 Å². The van der Waals surface area contributed by atoms with Crippen LogP contribution >= 0.6 is 0 Å². The number of hydrogen-bond acceptors (Lipinski definition) is 1. The van der Waals surface area contributed by atoms with Gasteiger partial charge in [0, 0.05) is 0 Å².